The van der Waals surface area contributed by atoms with Gasteiger partial charge in [0.1, 0.15) is 0 Å². The molecule has 0 heterocycles. The molecule has 0 aliphatic heterocycles. The Labute approximate surface area is 133 Å². The predicted octanol–water partition coefficient (Wildman–Crippen LogP) is 3.82. The maximum atomic E-state index is 11.8. The van der Waals surface area contributed by atoms with Gasteiger partial charge in [-0.15, -0.1) is 0 Å². The number of nitrogens with zero attached hydrogens (tertiary/aromatic N) is 1. The molecule has 3 nitrogen and oxygen atoms in total. The first-order valence-electron chi connectivity index (χ1n) is 5.50. The number of nitrogens with one attached hydrogen (secondary N) is 1. The second kappa shape index (κ2) is 6.81. The van der Waals surface area contributed by atoms with Crippen molar-refractivity contribution in [2.24, 2.45) is 5.10 Å². The van der Waals surface area contributed by atoms with Gasteiger partial charge in [0.15, 0.2) is 0 Å². The van der Waals surface area contributed by atoms with Gasteiger partial charge in [0.05, 0.1) is 6.21 Å². The van der Waals surface area contributed by atoms with E-state index in [9.17, 15) is 4.79 Å². The van der Waals surface area contributed by atoms with E-state index in [1.807, 2.05) is 36.4 Å². The van der Waals surface area contributed by atoms with Crippen LogP contribution in [0.15, 0.2) is 58.1 Å². The summed E-state index contributed by atoms with van der Waals surface area (Å²) in [6, 6.07) is 14.9. The molecule has 96 valence electrons. The lowest BCUT2D eigenvalue weighted by Gasteiger charge is -2.00. The molecule has 2 aromatic rings. The fourth-order valence-electron chi connectivity index (χ4n) is 1.41. The molecule has 1 N–H and O–H groups in total. The number of rotatable bonds is 3. The van der Waals surface area contributed by atoms with Gasteiger partial charge in [0.2, 0.25) is 0 Å². The SMILES string of the molecule is O=C(N/N=C\c1ccccc1I)c1ccc(Br)cc1. The Morgan fingerprint density at radius 1 is 1.16 bits per heavy atom. The Kier molecular flexibility index (Phi) is 5.09. The Bertz CT molecular complexity index is 611. The minimum Gasteiger partial charge on any atom is -0.267 e. The topological polar surface area (TPSA) is 41.5 Å². The number of halogens is 2. The average molecular weight is 429 g/mol. The second-order valence-corrected chi connectivity index (χ2v) is 5.81. The highest BCUT2D eigenvalue weighted by Crippen LogP contribution is 2.10. The van der Waals surface area contributed by atoms with Crippen LogP contribution in [-0.2, 0) is 0 Å². The normalized spacial score (nSPS) is 10.6. The van der Waals surface area contributed by atoms with Crippen LogP contribution in [-0.4, -0.2) is 12.1 Å². The number of carbonyl (C=O) groups excluding carboxylic acids is 1. The first-order valence-corrected chi connectivity index (χ1v) is 7.37. The largest absolute Gasteiger partial charge is 0.271 e. The molecule has 0 unspecified atom stereocenters. The van der Waals surface area contributed by atoms with Crippen LogP contribution in [0.2, 0.25) is 0 Å². The summed E-state index contributed by atoms with van der Waals surface area (Å²) in [6.07, 6.45) is 1.64. The molecule has 5 heteroatoms. The lowest BCUT2D eigenvalue weighted by molar-refractivity contribution is 0.0955. The summed E-state index contributed by atoms with van der Waals surface area (Å²) in [7, 11) is 0. The Hall–Kier alpha value is -1.21. The van der Waals surface area contributed by atoms with E-state index in [1.165, 1.54) is 0 Å². The summed E-state index contributed by atoms with van der Waals surface area (Å²) in [5.74, 6) is -0.227. The quantitative estimate of drug-likeness (QED) is 0.450. The van der Waals surface area contributed by atoms with Crippen LogP contribution in [0.4, 0.5) is 0 Å². The lowest BCUT2D eigenvalue weighted by atomic mass is 10.2. The number of amides is 1. The highest BCUT2D eigenvalue weighted by molar-refractivity contribution is 14.1. The number of hydrazone groups is 1. The first-order chi connectivity index (χ1) is 9.16. The van der Waals surface area contributed by atoms with Crippen LogP contribution in [0.3, 0.4) is 0 Å². The number of carbonyl (C=O) groups is 1. The number of hydrogen-bond acceptors (Lipinski definition) is 2. The molecule has 0 atom stereocenters. The van der Waals surface area contributed by atoms with Crippen LogP contribution in [0, 0.1) is 3.57 Å². The fraction of sp³-hybridized carbons (Fsp3) is 0. The van der Waals surface area contributed by atoms with Gasteiger partial charge in [-0.3, -0.25) is 4.79 Å². The fourth-order valence-corrected chi connectivity index (χ4v) is 2.20. The molecule has 0 aromatic heterocycles. The zero-order valence-electron chi connectivity index (χ0n) is 9.81. The Morgan fingerprint density at radius 3 is 2.53 bits per heavy atom. The summed E-state index contributed by atoms with van der Waals surface area (Å²) in [5, 5.41) is 3.96. The van der Waals surface area contributed by atoms with Gasteiger partial charge in [0, 0.05) is 19.2 Å². The average Bonchev–Trinajstić information content (AvgIpc) is 2.41. The van der Waals surface area contributed by atoms with E-state index < -0.39 is 0 Å². The number of benzene rings is 2. The molecular formula is C14H10BrIN2O. The predicted molar refractivity (Wildman–Crippen MR) is 88.4 cm³/mol. The molecule has 2 aromatic carbocycles. The third kappa shape index (κ3) is 4.14. The van der Waals surface area contributed by atoms with Crippen LogP contribution >= 0.6 is 38.5 Å². The molecule has 19 heavy (non-hydrogen) atoms. The maximum absolute atomic E-state index is 11.8. The van der Waals surface area contributed by atoms with Crippen molar-refractivity contribution < 1.29 is 4.79 Å². The minimum absolute atomic E-state index is 0.227. The first kappa shape index (κ1) is 14.2. The van der Waals surface area contributed by atoms with Crippen LogP contribution in [0.1, 0.15) is 15.9 Å². The van der Waals surface area contributed by atoms with E-state index in [4.69, 9.17) is 0 Å². The molecule has 0 radical (unpaired) electrons. The van der Waals surface area contributed by atoms with E-state index >= 15 is 0 Å². The van der Waals surface area contributed by atoms with E-state index in [0.29, 0.717) is 5.56 Å². The van der Waals surface area contributed by atoms with Crippen molar-refractivity contribution in [2.75, 3.05) is 0 Å². The van der Waals surface area contributed by atoms with E-state index in [2.05, 4.69) is 49.0 Å². The molecule has 1 amide bonds. The molecule has 0 bridgehead atoms. The number of hydrogen-bond donors (Lipinski definition) is 1. The Morgan fingerprint density at radius 2 is 1.84 bits per heavy atom. The van der Waals surface area contributed by atoms with Crippen molar-refractivity contribution in [2.45, 2.75) is 0 Å². The van der Waals surface area contributed by atoms with E-state index in [0.717, 1.165) is 13.6 Å². The highest BCUT2D eigenvalue weighted by atomic mass is 127. The van der Waals surface area contributed by atoms with E-state index in [1.54, 1.807) is 18.3 Å². The lowest BCUT2D eigenvalue weighted by Crippen LogP contribution is -2.17. The molecule has 0 spiro atoms. The third-order valence-corrected chi connectivity index (χ3v) is 3.89. The third-order valence-electron chi connectivity index (χ3n) is 2.38. The summed E-state index contributed by atoms with van der Waals surface area (Å²) in [4.78, 5) is 11.8. The zero-order valence-corrected chi connectivity index (χ0v) is 13.6. The van der Waals surface area contributed by atoms with Gasteiger partial charge in [-0.25, -0.2) is 5.43 Å². The summed E-state index contributed by atoms with van der Waals surface area (Å²) in [5.41, 5.74) is 4.05. The molecule has 0 aliphatic carbocycles. The minimum atomic E-state index is -0.227. The smallest absolute Gasteiger partial charge is 0.267 e. The summed E-state index contributed by atoms with van der Waals surface area (Å²) < 4.78 is 2.02. The highest BCUT2D eigenvalue weighted by Gasteiger charge is 2.03. The van der Waals surface area contributed by atoms with Crippen molar-refractivity contribution in [1.82, 2.24) is 5.43 Å². The molecule has 0 saturated carbocycles. The van der Waals surface area contributed by atoms with E-state index in [-0.39, 0.29) is 5.91 Å². The van der Waals surface area contributed by atoms with Crippen LogP contribution in [0.5, 0.6) is 0 Å². The molecule has 0 aliphatic rings. The standard InChI is InChI=1S/C14H10BrIN2O/c15-12-7-5-10(6-8-12)14(19)18-17-9-11-3-1-2-4-13(11)16/h1-9H,(H,18,19)/b17-9-. The van der Waals surface area contributed by atoms with Gasteiger partial charge >= 0.3 is 0 Å². The van der Waals surface area contributed by atoms with Crippen molar-refractivity contribution in [3.05, 3.63) is 67.7 Å². The zero-order chi connectivity index (χ0) is 13.7. The van der Waals surface area contributed by atoms with Crippen molar-refractivity contribution in [3.8, 4) is 0 Å². The Balaban J connectivity index is 2.01. The summed E-state index contributed by atoms with van der Waals surface area (Å²) >= 11 is 5.55. The van der Waals surface area contributed by atoms with Crippen molar-refractivity contribution in [1.29, 1.82) is 0 Å². The van der Waals surface area contributed by atoms with Crippen LogP contribution in [0.25, 0.3) is 0 Å². The van der Waals surface area contributed by atoms with Gasteiger partial charge in [0.25, 0.3) is 5.91 Å². The molecule has 2 rings (SSSR count). The molecule has 0 fully saturated rings. The maximum Gasteiger partial charge on any atom is 0.271 e. The summed E-state index contributed by atoms with van der Waals surface area (Å²) in [6.45, 7) is 0. The molecule has 0 saturated heterocycles. The van der Waals surface area contributed by atoms with Crippen molar-refractivity contribution >= 4 is 50.6 Å². The monoisotopic (exact) mass is 428 g/mol. The second-order valence-electron chi connectivity index (χ2n) is 3.73. The van der Waals surface area contributed by atoms with Crippen molar-refractivity contribution in [3.63, 3.8) is 0 Å². The van der Waals surface area contributed by atoms with Gasteiger partial charge < -0.3 is 0 Å². The molecular weight excluding hydrogens is 419 g/mol. The van der Waals surface area contributed by atoms with Crippen LogP contribution < -0.4 is 5.43 Å². The van der Waals surface area contributed by atoms with Gasteiger partial charge in [-0.1, -0.05) is 34.1 Å². The van der Waals surface area contributed by atoms with Gasteiger partial charge in [-0.2, -0.15) is 5.10 Å². The van der Waals surface area contributed by atoms with Gasteiger partial charge in [-0.05, 0) is 52.9 Å².